The van der Waals surface area contributed by atoms with Crippen LogP contribution in [0.15, 0.2) is 59.5 Å². The first-order chi connectivity index (χ1) is 14.6. The average molecular weight is 456 g/mol. The van der Waals surface area contributed by atoms with Gasteiger partial charge in [-0.1, -0.05) is 18.2 Å². The van der Waals surface area contributed by atoms with Crippen molar-refractivity contribution < 1.29 is 41.4 Å². The lowest BCUT2D eigenvalue weighted by molar-refractivity contribution is -0.150. The molecule has 2 rings (SSSR count). The predicted octanol–water partition coefficient (Wildman–Crippen LogP) is 0.956. The Labute approximate surface area is 175 Å². The molecule has 0 spiro atoms. The number of esters is 1. The molecule has 166 valence electrons. The average Bonchev–Trinajstić information content (AvgIpc) is 2.76. The minimum atomic E-state index is -4.76. The summed E-state index contributed by atoms with van der Waals surface area (Å²) in [4.78, 5) is 35.3. The summed E-state index contributed by atoms with van der Waals surface area (Å²) in [5.74, 6) is -6.07. The third kappa shape index (κ3) is 6.55. The van der Waals surface area contributed by atoms with Crippen molar-refractivity contribution in [2.75, 3.05) is 18.5 Å². The molecule has 0 fully saturated rings. The predicted molar refractivity (Wildman–Crippen MR) is 104 cm³/mol. The largest absolute Gasteiger partial charge is 0.454 e. The lowest BCUT2D eigenvalue weighted by Crippen LogP contribution is -2.45. The van der Waals surface area contributed by atoms with Crippen LogP contribution in [-0.4, -0.2) is 56.3 Å². The zero-order valence-corrected chi connectivity index (χ0v) is 16.6. The summed E-state index contributed by atoms with van der Waals surface area (Å²) in [5, 5.41) is 13.9. The van der Waals surface area contributed by atoms with Crippen LogP contribution in [0.4, 0.5) is 14.5 Å². The molecule has 31 heavy (non-hydrogen) atoms. The highest BCUT2D eigenvalue weighted by Crippen LogP contribution is 2.20. The summed E-state index contributed by atoms with van der Waals surface area (Å²) in [7, 11) is -4.76. The van der Waals surface area contributed by atoms with Gasteiger partial charge in [-0.25, -0.2) is 13.2 Å². The molecule has 0 aliphatic heterocycles. The number of benzene rings is 2. The van der Waals surface area contributed by atoms with Gasteiger partial charge < -0.3 is 20.5 Å². The molecular formula is C19H18F2N2O7S. The molecule has 0 aliphatic carbocycles. The first kappa shape index (κ1) is 23.9. The molecule has 0 radical (unpaired) electrons. The van der Waals surface area contributed by atoms with Crippen molar-refractivity contribution in [3.8, 4) is 0 Å². The molecule has 3 N–H and O–H groups in total. The van der Waals surface area contributed by atoms with E-state index in [0.29, 0.717) is 0 Å². The number of anilines is 1. The van der Waals surface area contributed by atoms with Crippen molar-refractivity contribution in [3.63, 3.8) is 0 Å². The number of rotatable bonds is 9. The highest BCUT2D eigenvalue weighted by atomic mass is 32.2. The number of carbonyl (C=O) groups excluding carboxylic acids is 3. The monoisotopic (exact) mass is 456 g/mol. The Bertz CT molecular complexity index is 1030. The second kappa shape index (κ2) is 10.6. The van der Waals surface area contributed by atoms with Crippen LogP contribution >= 0.6 is 0 Å². The molecule has 0 aromatic heterocycles. The van der Waals surface area contributed by atoms with E-state index >= 15 is 0 Å². The van der Waals surface area contributed by atoms with E-state index in [2.05, 4.69) is 10.6 Å². The second-order valence-corrected chi connectivity index (χ2v) is 7.98. The van der Waals surface area contributed by atoms with Crippen molar-refractivity contribution in [1.29, 1.82) is 0 Å². The molecule has 1 unspecified atom stereocenters. The zero-order valence-electron chi connectivity index (χ0n) is 15.8. The van der Waals surface area contributed by atoms with Crippen LogP contribution in [0.5, 0.6) is 0 Å². The van der Waals surface area contributed by atoms with E-state index in [1.54, 1.807) is 18.2 Å². The van der Waals surface area contributed by atoms with Crippen LogP contribution in [0.2, 0.25) is 0 Å². The van der Waals surface area contributed by atoms with Gasteiger partial charge >= 0.3 is 11.7 Å². The fourth-order valence-corrected chi connectivity index (χ4v) is 3.00. The molecule has 0 aliphatic rings. The van der Waals surface area contributed by atoms with Gasteiger partial charge in [0, 0.05) is 11.3 Å². The van der Waals surface area contributed by atoms with Crippen molar-refractivity contribution in [2.24, 2.45) is 0 Å². The summed E-state index contributed by atoms with van der Waals surface area (Å²) >= 11 is 0. The molecule has 9 nitrogen and oxygen atoms in total. The number of carbonyl (C=O) groups is 3. The third-order valence-corrected chi connectivity index (χ3v) is 5.25. The quantitative estimate of drug-likeness (QED) is 0.478. The number of aliphatic hydroxyl groups is 1. The number of sulfone groups is 1. The Morgan fingerprint density at radius 3 is 2.16 bits per heavy atom. The van der Waals surface area contributed by atoms with Gasteiger partial charge in [0.05, 0.1) is 11.5 Å². The molecule has 0 heterocycles. The SMILES string of the molecule is O=C(COC(=O)C(CO)NC(=O)c1ccccc1)Nc1ccc(S(=O)(=O)C(F)F)cc1. The minimum Gasteiger partial charge on any atom is -0.454 e. The maximum atomic E-state index is 12.5. The summed E-state index contributed by atoms with van der Waals surface area (Å²) in [5.41, 5.74) is 0.328. The maximum absolute atomic E-state index is 12.5. The zero-order chi connectivity index (χ0) is 23.0. The Morgan fingerprint density at radius 1 is 1.00 bits per heavy atom. The van der Waals surface area contributed by atoms with Crippen LogP contribution in [0.25, 0.3) is 0 Å². The van der Waals surface area contributed by atoms with Crippen molar-refractivity contribution >= 4 is 33.3 Å². The smallest absolute Gasteiger partial charge is 0.341 e. The van der Waals surface area contributed by atoms with Gasteiger partial charge in [-0.05, 0) is 36.4 Å². The number of amides is 2. The topological polar surface area (TPSA) is 139 Å². The molecule has 2 aromatic carbocycles. The van der Waals surface area contributed by atoms with Gasteiger partial charge in [-0.3, -0.25) is 9.59 Å². The first-order valence-electron chi connectivity index (χ1n) is 8.70. The number of ether oxygens (including phenoxy) is 1. The maximum Gasteiger partial charge on any atom is 0.341 e. The van der Waals surface area contributed by atoms with E-state index in [-0.39, 0.29) is 11.3 Å². The van der Waals surface area contributed by atoms with Crippen molar-refractivity contribution in [2.45, 2.75) is 16.7 Å². The fraction of sp³-hybridized carbons (Fsp3) is 0.211. The molecule has 2 amide bonds. The minimum absolute atomic E-state index is 0.0744. The van der Waals surface area contributed by atoms with E-state index in [9.17, 15) is 36.7 Å². The van der Waals surface area contributed by atoms with E-state index < -0.39 is 57.5 Å². The molecule has 0 saturated heterocycles. The van der Waals surface area contributed by atoms with Gasteiger partial charge in [-0.2, -0.15) is 8.78 Å². The van der Waals surface area contributed by atoms with Gasteiger partial charge in [0.25, 0.3) is 11.8 Å². The van der Waals surface area contributed by atoms with Gasteiger partial charge in [0.2, 0.25) is 9.84 Å². The Kier molecular flexibility index (Phi) is 8.16. The molecule has 0 bridgehead atoms. The molecule has 12 heteroatoms. The highest BCUT2D eigenvalue weighted by Gasteiger charge is 2.26. The highest BCUT2D eigenvalue weighted by molar-refractivity contribution is 7.91. The van der Waals surface area contributed by atoms with Crippen LogP contribution in [-0.2, 0) is 24.2 Å². The standard InChI is InChI=1S/C19H18F2N2O7S/c20-19(21)31(28,29)14-8-6-13(7-9-14)22-16(25)11-30-18(27)15(10-24)23-17(26)12-4-2-1-3-5-12/h1-9,15,19,24H,10-11H2,(H,22,25)(H,23,26). The molecule has 2 aromatic rings. The normalized spacial score (nSPS) is 12.1. The third-order valence-electron chi connectivity index (χ3n) is 3.86. The summed E-state index contributed by atoms with van der Waals surface area (Å²) in [6.45, 7) is -1.53. The first-order valence-corrected chi connectivity index (χ1v) is 10.2. The number of hydrogen-bond acceptors (Lipinski definition) is 7. The van der Waals surface area contributed by atoms with Crippen LogP contribution in [0.3, 0.4) is 0 Å². The number of alkyl halides is 2. The molecule has 0 saturated carbocycles. The number of nitrogens with one attached hydrogen (secondary N) is 2. The van der Waals surface area contributed by atoms with Gasteiger partial charge in [0.1, 0.15) is 0 Å². The van der Waals surface area contributed by atoms with Crippen LogP contribution < -0.4 is 10.6 Å². The van der Waals surface area contributed by atoms with E-state index in [1.807, 2.05) is 0 Å². The fourth-order valence-electron chi connectivity index (χ4n) is 2.28. The summed E-state index contributed by atoms with van der Waals surface area (Å²) in [6, 6.07) is 10.5. The van der Waals surface area contributed by atoms with Gasteiger partial charge in [-0.15, -0.1) is 0 Å². The summed E-state index contributed by atoms with van der Waals surface area (Å²) < 4.78 is 52.5. The number of hydrogen-bond donors (Lipinski definition) is 3. The Balaban J connectivity index is 1.88. The number of aliphatic hydroxyl groups excluding tert-OH is 1. The van der Waals surface area contributed by atoms with Crippen molar-refractivity contribution in [3.05, 3.63) is 60.2 Å². The summed E-state index contributed by atoms with van der Waals surface area (Å²) in [6.07, 6.45) is 0. The second-order valence-electron chi connectivity index (χ2n) is 6.06. The Morgan fingerprint density at radius 2 is 1.61 bits per heavy atom. The van der Waals surface area contributed by atoms with E-state index in [0.717, 1.165) is 24.3 Å². The van der Waals surface area contributed by atoms with E-state index in [1.165, 1.54) is 12.1 Å². The van der Waals surface area contributed by atoms with Crippen LogP contribution in [0.1, 0.15) is 10.4 Å². The molecular weight excluding hydrogens is 438 g/mol. The lowest BCUT2D eigenvalue weighted by Gasteiger charge is -2.15. The van der Waals surface area contributed by atoms with Crippen molar-refractivity contribution in [1.82, 2.24) is 5.32 Å². The molecule has 1 atom stereocenters. The Hall–Kier alpha value is -3.38. The lowest BCUT2D eigenvalue weighted by atomic mass is 10.2. The number of halogens is 2. The van der Waals surface area contributed by atoms with Gasteiger partial charge in [0.15, 0.2) is 12.6 Å². The van der Waals surface area contributed by atoms with E-state index in [4.69, 9.17) is 4.74 Å². The van der Waals surface area contributed by atoms with Crippen LogP contribution in [0, 0.1) is 0 Å².